The average molecular weight is 246 g/mol. The van der Waals surface area contributed by atoms with Crippen LogP contribution in [0, 0.1) is 13.8 Å². The number of carbonyl (C=O) groups is 1. The second-order valence-corrected chi connectivity index (χ2v) is 4.82. The van der Waals surface area contributed by atoms with Crippen LogP contribution in [-0.4, -0.2) is 13.1 Å². The molecule has 0 aliphatic rings. The van der Waals surface area contributed by atoms with E-state index in [1.165, 1.54) is 29.6 Å². The van der Waals surface area contributed by atoms with Crippen LogP contribution < -0.4 is 0 Å². The van der Waals surface area contributed by atoms with Gasteiger partial charge in [-0.25, -0.2) is 4.79 Å². The Bertz CT molecular complexity index is 555. The SMILES string of the molecule is COC(=O)c1sccc1-c1cccc(C)c1C. The maximum Gasteiger partial charge on any atom is 0.348 e. The van der Waals surface area contributed by atoms with E-state index in [1.807, 2.05) is 23.6 Å². The Morgan fingerprint density at radius 3 is 2.65 bits per heavy atom. The number of esters is 1. The number of ether oxygens (including phenoxy) is 1. The Hall–Kier alpha value is -1.61. The molecule has 0 radical (unpaired) electrons. The van der Waals surface area contributed by atoms with Crippen LogP contribution in [0.25, 0.3) is 11.1 Å². The Morgan fingerprint density at radius 1 is 1.18 bits per heavy atom. The normalized spacial score (nSPS) is 10.3. The van der Waals surface area contributed by atoms with Gasteiger partial charge in [0.05, 0.1) is 7.11 Å². The summed E-state index contributed by atoms with van der Waals surface area (Å²) in [4.78, 5) is 12.3. The molecule has 3 heteroatoms. The molecule has 0 unspecified atom stereocenters. The standard InChI is InChI=1S/C14H14O2S/c1-9-5-4-6-11(10(9)2)12-7-8-17-13(12)14(15)16-3/h4-8H,1-3H3. The molecule has 0 fully saturated rings. The summed E-state index contributed by atoms with van der Waals surface area (Å²) in [5, 5.41) is 1.92. The van der Waals surface area contributed by atoms with E-state index in [0.717, 1.165) is 11.1 Å². The Kier molecular flexibility index (Phi) is 3.29. The lowest BCUT2D eigenvalue weighted by molar-refractivity contribution is 0.0607. The molecular formula is C14H14O2S. The minimum atomic E-state index is -0.268. The number of rotatable bonds is 2. The van der Waals surface area contributed by atoms with E-state index < -0.39 is 0 Å². The Labute approximate surface area is 105 Å². The van der Waals surface area contributed by atoms with Crippen molar-refractivity contribution < 1.29 is 9.53 Å². The first kappa shape index (κ1) is 11.9. The van der Waals surface area contributed by atoms with Gasteiger partial charge in [-0.3, -0.25) is 0 Å². The van der Waals surface area contributed by atoms with Crippen LogP contribution in [0.3, 0.4) is 0 Å². The van der Waals surface area contributed by atoms with Gasteiger partial charge in [-0.1, -0.05) is 18.2 Å². The van der Waals surface area contributed by atoms with Crippen molar-refractivity contribution >= 4 is 17.3 Å². The molecule has 0 N–H and O–H groups in total. The smallest absolute Gasteiger partial charge is 0.348 e. The van der Waals surface area contributed by atoms with Crippen LogP contribution in [0.2, 0.25) is 0 Å². The first-order valence-corrected chi connectivity index (χ1v) is 6.25. The monoisotopic (exact) mass is 246 g/mol. The van der Waals surface area contributed by atoms with Gasteiger partial charge in [0.2, 0.25) is 0 Å². The van der Waals surface area contributed by atoms with Crippen molar-refractivity contribution in [3.05, 3.63) is 45.6 Å². The van der Waals surface area contributed by atoms with Crippen LogP contribution in [-0.2, 0) is 4.74 Å². The zero-order chi connectivity index (χ0) is 12.4. The molecule has 1 aromatic carbocycles. The topological polar surface area (TPSA) is 26.3 Å². The van der Waals surface area contributed by atoms with Gasteiger partial charge in [-0.15, -0.1) is 11.3 Å². The lowest BCUT2D eigenvalue weighted by Crippen LogP contribution is -2.00. The molecule has 17 heavy (non-hydrogen) atoms. The van der Waals surface area contributed by atoms with Gasteiger partial charge in [-0.05, 0) is 42.0 Å². The summed E-state index contributed by atoms with van der Waals surface area (Å²) in [5.41, 5.74) is 4.50. The highest BCUT2D eigenvalue weighted by molar-refractivity contribution is 7.12. The third-order valence-corrected chi connectivity index (χ3v) is 3.83. The molecule has 0 aliphatic carbocycles. The molecule has 0 bridgehead atoms. The van der Waals surface area contributed by atoms with Crippen molar-refractivity contribution in [3.8, 4) is 11.1 Å². The molecule has 0 spiro atoms. The molecule has 0 saturated heterocycles. The van der Waals surface area contributed by atoms with Crippen LogP contribution in [0.5, 0.6) is 0 Å². The van der Waals surface area contributed by atoms with Gasteiger partial charge < -0.3 is 4.74 Å². The summed E-state index contributed by atoms with van der Waals surface area (Å²) in [6.07, 6.45) is 0. The number of methoxy groups -OCH3 is 1. The van der Waals surface area contributed by atoms with E-state index in [4.69, 9.17) is 4.74 Å². The molecule has 1 heterocycles. The van der Waals surface area contributed by atoms with Crippen LogP contribution in [0.4, 0.5) is 0 Å². The van der Waals surface area contributed by atoms with E-state index >= 15 is 0 Å². The first-order chi connectivity index (χ1) is 8.15. The fourth-order valence-electron chi connectivity index (χ4n) is 1.82. The van der Waals surface area contributed by atoms with E-state index in [9.17, 15) is 4.79 Å². The third kappa shape index (κ3) is 2.11. The quantitative estimate of drug-likeness (QED) is 0.753. The number of carbonyl (C=O) groups excluding carboxylic acids is 1. The summed E-state index contributed by atoms with van der Waals surface area (Å²) in [7, 11) is 1.41. The van der Waals surface area contributed by atoms with Crippen molar-refractivity contribution in [2.45, 2.75) is 13.8 Å². The van der Waals surface area contributed by atoms with Crippen LogP contribution in [0.1, 0.15) is 20.8 Å². The highest BCUT2D eigenvalue weighted by Crippen LogP contribution is 2.32. The molecule has 2 nitrogen and oxygen atoms in total. The van der Waals surface area contributed by atoms with E-state index in [2.05, 4.69) is 19.9 Å². The highest BCUT2D eigenvalue weighted by atomic mass is 32.1. The van der Waals surface area contributed by atoms with Crippen molar-refractivity contribution in [1.82, 2.24) is 0 Å². The molecule has 2 rings (SSSR count). The maximum absolute atomic E-state index is 11.7. The third-order valence-electron chi connectivity index (χ3n) is 2.93. The molecule has 0 saturated carbocycles. The summed E-state index contributed by atoms with van der Waals surface area (Å²) >= 11 is 1.42. The fourth-order valence-corrected chi connectivity index (χ4v) is 2.64. The van der Waals surface area contributed by atoms with Gasteiger partial charge in [0, 0.05) is 5.56 Å². The number of aryl methyl sites for hydroxylation is 1. The number of thiophene rings is 1. The van der Waals surface area contributed by atoms with Crippen molar-refractivity contribution in [2.24, 2.45) is 0 Å². The zero-order valence-electron chi connectivity index (χ0n) is 10.1. The van der Waals surface area contributed by atoms with Crippen LogP contribution in [0.15, 0.2) is 29.6 Å². The van der Waals surface area contributed by atoms with Crippen molar-refractivity contribution in [1.29, 1.82) is 0 Å². The number of benzene rings is 1. The minimum absolute atomic E-state index is 0.268. The number of hydrogen-bond donors (Lipinski definition) is 0. The second-order valence-electron chi connectivity index (χ2n) is 3.90. The van der Waals surface area contributed by atoms with E-state index in [0.29, 0.717) is 4.88 Å². The van der Waals surface area contributed by atoms with Crippen LogP contribution >= 0.6 is 11.3 Å². The highest BCUT2D eigenvalue weighted by Gasteiger charge is 2.16. The molecule has 0 amide bonds. The molecule has 88 valence electrons. The largest absolute Gasteiger partial charge is 0.465 e. The average Bonchev–Trinajstić information content (AvgIpc) is 2.80. The summed E-state index contributed by atoms with van der Waals surface area (Å²) in [6, 6.07) is 8.09. The lowest BCUT2D eigenvalue weighted by atomic mass is 9.97. The van der Waals surface area contributed by atoms with Gasteiger partial charge in [0.15, 0.2) is 0 Å². The molecular weight excluding hydrogens is 232 g/mol. The predicted molar refractivity (Wildman–Crippen MR) is 70.6 cm³/mol. The Balaban J connectivity index is 2.58. The van der Waals surface area contributed by atoms with Crippen molar-refractivity contribution in [3.63, 3.8) is 0 Å². The molecule has 0 atom stereocenters. The summed E-state index contributed by atoms with van der Waals surface area (Å²) in [6.45, 7) is 4.15. The van der Waals surface area contributed by atoms with Gasteiger partial charge in [-0.2, -0.15) is 0 Å². The summed E-state index contributed by atoms with van der Waals surface area (Å²) in [5.74, 6) is -0.268. The van der Waals surface area contributed by atoms with Gasteiger partial charge >= 0.3 is 5.97 Å². The van der Waals surface area contributed by atoms with E-state index in [1.54, 1.807) is 0 Å². The summed E-state index contributed by atoms with van der Waals surface area (Å²) < 4.78 is 4.80. The Morgan fingerprint density at radius 2 is 1.94 bits per heavy atom. The van der Waals surface area contributed by atoms with Gasteiger partial charge in [0.25, 0.3) is 0 Å². The fraction of sp³-hybridized carbons (Fsp3) is 0.214. The molecule has 2 aromatic rings. The van der Waals surface area contributed by atoms with E-state index in [-0.39, 0.29) is 5.97 Å². The second kappa shape index (κ2) is 4.72. The van der Waals surface area contributed by atoms with Gasteiger partial charge in [0.1, 0.15) is 4.88 Å². The maximum atomic E-state index is 11.7. The molecule has 0 aliphatic heterocycles. The minimum Gasteiger partial charge on any atom is -0.465 e. The molecule has 1 aromatic heterocycles. The van der Waals surface area contributed by atoms with Crippen molar-refractivity contribution in [2.75, 3.05) is 7.11 Å². The lowest BCUT2D eigenvalue weighted by Gasteiger charge is -2.08. The predicted octanol–water partition coefficient (Wildman–Crippen LogP) is 3.82. The number of hydrogen-bond acceptors (Lipinski definition) is 3. The zero-order valence-corrected chi connectivity index (χ0v) is 10.9. The first-order valence-electron chi connectivity index (χ1n) is 5.37.